The fourth-order valence-electron chi connectivity index (χ4n) is 6.59. The molecule has 7 rings (SSSR count). The zero-order valence-electron chi connectivity index (χ0n) is 31.3. The molecule has 2 amide bonds. The number of hydrogen-bond donors (Lipinski definition) is 1. The van der Waals surface area contributed by atoms with Crippen LogP contribution in [0.4, 0.5) is 4.79 Å². The van der Waals surface area contributed by atoms with E-state index in [0.717, 1.165) is 100 Å². The number of imidazole rings is 1. The monoisotopic (exact) mass is 728 g/mol. The van der Waals surface area contributed by atoms with Crippen molar-refractivity contribution in [3.8, 4) is 0 Å². The smallest absolute Gasteiger partial charge is 0.410 e. The second kappa shape index (κ2) is 22.7. The van der Waals surface area contributed by atoms with Crippen molar-refractivity contribution in [2.24, 2.45) is 0 Å². The van der Waals surface area contributed by atoms with Crippen LogP contribution < -0.4 is 5.32 Å². The van der Waals surface area contributed by atoms with Gasteiger partial charge in [0.1, 0.15) is 6.10 Å². The lowest BCUT2D eigenvalue weighted by molar-refractivity contribution is -0.118. The summed E-state index contributed by atoms with van der Waals surface area (Å²) in [7, 11) is 0. The maximum atomic E-state index is 11.7. The van der Waals surface area contributed by atoms with Crippen molar-refractivity contribution < 1.29 is 14.3 Å². The number of ether oxygens (including phenoxy) is 1. The van der Waals surface area contributed by atoms with Crippen LogP contribution >= 0.6 is 11.6 Å². The van der Waals surface area contributed by atoms with Crippen LogP contribution in [0.2, 0.25) is 5.02 Å². The average molecular weight is 729 g/mol. The number of aromatic nitrogens is 3. The van der Waals surface area contributed by atoms with E-state index in [1.807, 2.05) is 86.9 Å². The molecule has 4 aromatic rings. The summed E-state index contributed by atoms with van der Waals surface area (Å²) >= 11 is 6.03. The highest BCUT2D eigenvalue weighted by atomic mass is 35.5. The van der Waals surface area contributed by atoms with Crippen LogP contribution in [-0.4, -0.2) is 75.7 Å². The van der Waals surface area contributed by atoms with E-state index in [2.05, 4.69) is 38.1 Å². The molecule has 2 aromatic heterocycles. The summed E-state index contributed by atoms with van der Waals surface area (Å²) in [4.78, 5) is 35.1. The molecular weight excluding hydrogens is 672 g/mol. The van der Waals surface area contributed by atoms with E-state index in [-0.39, 0.29) is 12.2 Å². The molecule has 0 unspecified atom stereocenters. The number of rotatable bonds is 8. The lowest BCUT2D eigenvalue weighted by Crippen LogP contribution is -2.47. The first kappa shape index (κ1) is 40.6. The second-order valence-electron chi connectivity index (χ2n) is 13.2. The third kappa shape index (κ3) is 13.7. The van der Waals surface area contributed by atoms with Crippen LogP contribution in [0.5, 0.6) is 0 Å². The van der Waals surface area contributed by atoms with E-state index in [1.165, 1.54) is 41.6 Å². The highest BCUT2D eigenvalue weighted by Crippen LogP contribution is 2.25. The Labute approximate surface area is 315 Å². The van der Waals surface area contributed by atoms with Crippen LogP contribution in [0.3, 0.4) is 0 Å². The van der Waals surface area contributed by atoms with Crippen molar-refractivity contribution in [3.05, 3.63) is 118 Å². The number of piperazine rings is 1. The van der Waals surface area contributed by atoms with Gasteiger partial charge in [-0.05, 0) is 92.3 Å². The Morgan fingerprint density at radius 2 is 1.71 bits per heavy atom. The van der Waals surface area contributed by atoms with Crippen LogP contribution in [-0.2, 0) is 41.9 Å². The van der Waals surface area contributed by atoms with E-state index >= 15 is 0 Å². The largest absolute Gasteiger partial charge is 0.446 e. The van der Waals surface area contributed by atoms with Crippen molar-refractivity contribution in [2.45, 2.75) is 97.8 Å². The maximum Gasteiger partial charge on any atom is 0.410 e. The molecule has 0 atom stereocenters. The number of pyridine rings is 1. The van der Waals surface area contributed by atoms with Gasteiger partial charge in [0.05, 0.1) is 12.0 Å². The van der Waals surface area contributed by atoms with Gasteiger partial charge in [-0.25, -0.2) is 9.78 Å². The first-order chi connectivity index (χ1) is 25.5. The van der Waals surface area contributed by atoms with E-state index in [1.54, 1.807) is 4.90 Å². The molecule has 3 heterocycles. The summed E-state index contributed by atoms with van der Waals surface area (Å²) in [5.74, 6) is 0. The lowest BCUT2D eigenvalue weighted by atomic mass is 9.98. The Morgan fingerprint density at radius 1 is 0.962 bits per heavy atom. The van der Waals surface area contributed by atoms with E-state index in [4.69, 9.17) is 16.3 Å². The van der Waals surface area contributed by atoms with Crippen molar-refractivity contribution in [3.63, 3.8) is 0 Å². The van der Waals surface area contributed by atoms with E-state index < -0.39 is 0 Å². The van der Waals surface area contributed by atoms with Gasteiger partial charge in [-0.1, -0.05) is 74.3 Å². The summed E-state index contributed by atoms with van der Waals surface area (Å²) < 4.78 is 7.55. The molecule has 3 aliphatic rings. The fourth-order valence-corrected chi connectivity index (χ4v) is 6.79. The number of carbonyl (C=O) groups excluding carboxylic acids is 2. The molecule has 10 heteroatoms. The molecule has 2 fully saturated rings. The first-order valence-corrected chi connectivity index (χ1v) is 19.4. The average Bonchev–Trinajstić information content (AvgIpc) is 3.52. The first-order valence-electron chi connectivity index (χ1n) is 19.0. The molecule has 52 heavy (non-hydrogen) atoms. The minimum Gasteiger partial charge on any atom is -0.446 e. The number of benzene rings is 2. The summed E-state index contributed by atoms with van der Waals surface area (Å²) in [5, 5.41) is 4.05. The van der Waals surface area contributed by atoms with Gasteiger partial charge in [0.25, 0.3) is 0 Å². The molecule has 1 aliphatic heterocycles. The number of carbonyl (C=O) groups is 2. The predicted molar refractivity (Wildman–Crippen MR) is 210 cm³/mol. The molecule has 0 spiro atoms. The molecule has 1 saturated heterocycles. The standard InChI is InChI=1S/C15H19N3O.C14H12ClN.C11H20N2O2.C2H6/c1-14-10-17(12-16-14)8-5-9-18(13-19)11-15-6-3-2-4-7-15;15-13-6-5-12-9-14-10(2-1-7-16-14)3-4-11(12)8-13;14-11(13-8-6-12-7-9-13)15-10-4-2-1-3-5-10;1-2/h2-4,6-7,10,12-13H,5,8-9,11H2,1H3;1-2,5-8H,3-4,9H2;10,12H,1-9H2;1-2H3. The van der Waals surface area contributed by atoms with E-state index in [0.29, 0.717) is 6.54 Å². The predicted octanol–water partition coefficient (Wildman–Crippen LogP) is 8.05. The third-order valence-corrected chi connectivity index (χ3v) is 9.61. The zero-order chi connectivity index (χ0) is 37.0. The highest BCUT2D eigenvalue weighted by Gasteiger charge is 2.23. The normalized spacial score (nSPS) is 15.0. The Kier molecular flexibility index (Phi) is 17.7. The number of fused-ring (bicyclic) bond motifs is 2. The van der Waals surface area contributed by atoms with Gasteiger partial charge < -0.3 is 24.4 Å². The number of hydrogen-bond acceptors (Lipinski definition) is 6. The van der Waals surface area contributed by atoms with Gasteiger partial charge in [0.15, 0.2) is 0 Å². The van der Waals surface area contributed by atoms with Gasteiger partial charge in [-0.15, -0.1) is 0 Å². The van der Waals surface area contributed by atoms with Gasteiger partial charge in [-0.3, -0.25) is 9.78 Å². The van der Waals surface area contributed by atoms with Crippen LogP contribution in [0.1, 0.15) is 86.0 Å². The molecule has 0 radical (unpaired) electrons. The van der Waals surface area contributed by atoms with Crippen molar-refractivity contribution in [1.29, 1.82) is 0 Å². The van der Waals surface area contributed by atoms with Crippen molar-refractivity contribution >= 4 is 24.1 Å². The SMILES string of the molecule is CC.Cc1cn(CCCN(C=O)Cc2ccccc2)cn1.Clc1ccc2c(c1)CCc1cccnc1C2.O=C(OC1CCCCC1)N1CCNCC1. The molecule has 0 bridgehead atoms. The zero-order valence-corrected chi connectivity index (χ0v) is 32.1. The molecule has 2 aliphatic carbocycles. The van der Waals surface area contributed by atoms with Crippen molar-refractivity contribution in [1.82, 2.24) is 29.7 Å². The number of halogens is 1. The second-order valence-corrected chi connectivity index (χ2v) is 13.7. The van der Waals surface area contributed by atoms with E-state index in [9.17, 15) is 9.59 Å². The summed E-state index contributed by atoms with van der Waals surface area (Å²) in [6, 6.07) is 20.4. The summed E-state index contributed by atoms with van der Waals surface area (Å²) in [5.41, 5.74) is 7.50. The molecule has 9 nitrogen and oxygen atoms in total. The van der Waals surface area contributed by atoms with Gasteiger partial charge in [-0.2, -0.15) is 0 Å². The Bertz CT molecular complexity index is 1620. The van der Waals surface area contributed by atoms with Crippen molar-refractivity contribution in [2.75, 3.05) is 32.7 Å². The number of aryl methyl sites for hydroxylation is 4. The number of nitrogens with one attached hydrogen (secondary N) is 1. The third-order valence-electron chi connectivity index (χ3n) is 9.37. The van der Waals surface area contributed by atoms with Gasteiger partial charge >= 0.3 is 6.09 Å². The highest BCUT2D eigenvalue weighted by molar-refractivity contribution is 6.30. The summed E-state index contributed by atoms with van der Waals surface area (Å²) in [6.45, 7) is 11.6. The molecule has 2 aromatic carbocycles. The molecular formula is C42H57ClN6O3. The van der Waals surface area contributed by atoms with Gasteiger partial charge in [0.2, 0.25) is 6.41 Å². The Morgan fingerprint density at radius 3 is 2.42 bits per heavy atom. The number of nitrogens with zero attached hydrogens (tertiary/aromatic N) is 5. The summed E-state index contributed by atoms with van der Waals surface area (Å²) in [6.07, 6.45) is 16.5. The van der Waals surface area contributed by atoms with Crippen LogP contribution in [0, 0.1) is 6.92 Å². The maximum absolute atomic E-state index is 11.7. The van der Waals surface area contributed by atoms with Crippen LogP contribution in [0.25, 0.3) is 0 Å². The van der Waals surface area contributed by atoms with Gasteiger partial charge in [0, 0.05) is 75.3 Å². The Balaban J connectivity index is 0.000000171. The topological polar surface area (TPSA) is 92.6 Å². The molecule has 1 N–H and O–H groups in total. The molecule has 1 saturated carbocycles. The Hall–Kier alpha value is -4.21. The quantitative estimate of drug-likeness (QED) is 0.185. The van der Waals surface area contributed by atoms with Crippen LogP contribution in [0.15, 0.2) is 79.4 Å². The fraction of sp³-hybridized carbons (Fsp3) is 0.476. The molecule has 280 valence electrons. The lowest BCUT2D eigenvalue weighted by Gasteiger charge is -2.29. The minimum absolute atomic E-state index is 0.108. The minimum atomic E-state index is -0.108. The number of amides is 2.